The molecule has 2 heterocycles. The van der Waals surface area contributed by atoms with Gasteiger partial charge in [0.25, 0.3) is 5.91 Å². The van der Waals surface area contributed by atoms with E-state index >= 15 is 0 Å². The Morgan fingerprint density at radius 1 is 1.31 bits per heavy atom. The Bertz CT molecular complexity index is 743. The van der Waals surface area contributed by atoms with E-state index in [9.17, 15) is 13.6 Å². The van der Waals surface area contributed by atoms with Crippen molar-refractivity contribution in [2.24, 2.45) is 0 Å². The van der Waals surface area contributed by atoms with Crippen molar-refractivity contribution in [2.45, 2.75) is 25.6 Å². The number of halogens is 2. The third-order valence-electron chi connectivity index (χ3n) is 4.18. The van der Waals surface area contributed by atoms with Crippen LogP contribution in [0.25, 0.3) is 0 Å². The van der Waals surface area contributed by atoms with Gasteiger partial charge in [-0.2, -0.15) is 0 Å². The molecule has 1 atom stereocenters. The van der Waals surface area contributed by atoms with Crippen molar-refractivity contribution in [3.8, 4) is 5.75 Å². The summed E-state index contributed by atoms with van der Waals surface area (Å²) in [7, 11) is 0. The van der Waals surface area contributed by atoms with Gasteiger partial charge in [0, 0.05) is 31.5 Å². The number of amides is 1. The Hall–Kier alpha value is -2.54. The fourth-order valence-corrected chi connectivity index (χ4v) is 2.82. The number of hydrogen-bond acceptors (Lipinski definition) is 4. The van der Waals surface area contributed by atoms with Crippen LogP contribution in [0.1, 0.15) is 18.4 Å². The van der Waals surface area contributed by atoms with Crippen molar-refractivity contribution in [3.05, 3.63) is 59.9 Å². The van der Waals surface area contributed by atoms with Crippen molar-refractivity contribution in [2.75, 3.05) is 19.7 Å². The number of piperidine rings is 1. The molecule has 2 aromatic rings. The van der Waals surface area contributed by atoms with Crippen LogP contribution < -0.4 is 4.74 Å². The molecule has 3 rings (SSSR count). The lowest BCUT2D eigenvalue weighted by molar-refractivity contribution is -0.137. The summed E-state index contributed by atoms with van der Waals surface area (Å²) in [6.45, 7) is 1.23. The molecule has 138 valence electrons. The number of rotatable bonds is 6. The number of nitrogens with zero attached hydrogens (tertiary/aromatic N) is 2. The molecular weight excluding hydrogens is 342 g/mol. The summed E-state index contributed by atoms with van der Waals surface area (Å²) in [5.74, 6) is -1.90. The summed E-state index contributed by atoms with van der Waals surface area (Å²) >= 11 is 0. The van der Waals surface area contributed by atoms with E-state index in [2.05, 4.69) is 4.98 Å². The molecule has 7 heteroatoms. The summed E-state index contributed by atoms with van der Waals surface area (Å²) in [5.41, 5.74) is 0.978. The average Bonchev–Trinajstić information content (AvgIpc) is 2.66. The minimum absolute atomic E-state index is 0.0598. The molecule has 1 aliphatic heterocycles. The number of carbonyl (C=O) groups excluding carboxylic acids is 1. The highest BCUT2D eigenvalue weighted by Gasteiger charge is 2.24. The van der Waals surface area contributed by atoms with Gasteiger partial charge in [0.15, 0.2) is 18.2 Å². The normalized spacial score (nSPS) is 17.2. The summed E-state index contributed by atoms with van der Waals surface area (Å²) in [6, 6.07) is 6.77. The molecule has 0 aliphatic carbocycles. The van der Waals surface area contributed by atoms with E-state index < -0.39 is 11.6 Å². The Kier molecular flexibility index (Phi) is 6.12. The number of likely N-dealkylation sites (tertiary alicyclic amines) is 1. The Balaban J connectivity index is 1.48. The van der Waals surface area contributed by atoms with Crippen molar-refractivity contribution >= 4 is 5.91 Å². The van der Waals surface area contributed by atoms with Gasteiger partial charge < -0.3 is 14.4 Å². The van der Waals surface area contributed by atoms with Gasteiger partial charge >= 0.3 is 0 Å². The molecule has 0 saturated carbocycles. The van der Waals surface area contributed by atoms with Gasteiger partial charge in [-0.15, -0.1) is 0 Å². The monoisotopic (exact) mass is 362 g/mol. The van der Waals surface area contributed by atoms with Gasteiger partial charge in [0.2, 0.25) is 0 Å². The Morgan fingerprint density at radius 3 is 2.96 bits per heavy atom. The van der Waals surface area contributed by atoms with Crippen molar-refractivity contribution in [1.82, 2.24) is 9.88 Å². The summed E-state index contributed by atoms with van der Waals surface area (Å²) < 4.78 is 37.5. The van der Waals surface area contributed by atoms with Crippen molar-refractivity contribution in [3.63, 3.8) is 0 Å². The molecule has 0 spiro atoms. The maximum atomic E-state index is 13.6. The lowest BCUT2D eigenvalue weighted by Crippen LogP contribution is -2.45. The second-order valence-electron chi connectivity index (χ2n) is 6.14. The largest absolute Gasteiger partial charge is 0.481 e. The Labute approximate surface area is 150 Å². The van der Waals surface area contributed by atoms with Gasteiger partial charge in [-0.25, -0.2) is 8.78 Å². The zero-order chi connectivity index (χ0) is 18.4. The fourth-order valence-electron chi connectivity index (χ4n) is 2.82. The van der Waals surface area contributed by atoms with Crippen LogP contribution in [-0.2, 0) is 16.1 Å². The standard InChI is InChI=1S/C19H20F2N2O3/c20-15-5-6-18(17(21)9-15)26-13-19(24)23-8-2-4-16(11-23)25-12-14-3-1-7-22-10-14/h1,3,5-7,9-10,16H,2,4,8,11-13H2/t16-/m1/s1. The van der Waals surface area contributed by atoms with Crippen molar-refractivity contribution in [1.29, 1.82) is 0 Å². The second kappa shape index (κ2) is 8.71. The van der Waals surface area contributed by atoms with Gasteiger partial charge in [-0.1, -0.05) is 6.07 Å². The first kappa shape index (κ1) is 18.3. The van der Waals surface area contributed by atoms with Gasteiger partial charge in [0.1, 0.15) is 5.82 Å². The van der Waals surface area contributed by atoms with E-state index in [-0.39, 0.29) is 24.4 Å². The second-order valence-corrected chi connectivity index (χ2v) is 6.14. The lowest BCUT2D eigenvalue weighted by Gasteiger charge is -2.32. The molecule has 1 fully saturated rings. The van der Waals surface area contributed by atoms with Crippen molar-refractivity contribution < 1.29 is 23.0 Å². The molecule has 1 amide bonds. The predicted molar refractivity (Wildman–Crippen MR) is 90.5 cm³/mol. The minimum Gasteiger partial charge on any atom is -0.481 e. The third-order valence-corrected chi connectivity index (χ3v) is 4.18. The summed E-state index contributed by atoms with van der Waals surface area (Å²) in [5, 5.41) is 0. The van der Waals surface area contributed by atoms with Gasteiger partial charge in [-0.05, 0) is 36.6 Å². The number of aromatic nitrogens is 1. The molecule has 1 saturated heterocycles. The highest BCUT2D eigenvalue weighted by molar-refractivity contribution is 5.77. The molecule has 0 radical (unpaired) electrons. The topological polar surface area (TPSA) is 51.7 Å². The van der Waals surface area contributed by atoms with Crippen LogP contribution in [0.3, 0.4) is 0 Å². The fraction of sp³-hybridized carbons (Fsp3) is 0.368. The SMILES string of the molecule is O=C(COc1ccc(F)cc1F)N1CCC[C@@H](OCc2cccnc2)C1. The van der Waals surface area contributed by atoms with Crippen LogP contribution in [0.2, 0.25) is 0 Å². The maximum Gasteiger partial charge on any atom is 0.260 e. The summed E-state index contributed by atoms with van der Waals surface area (Å²) in [6.07, 6.45) is 5.09. The molecule has 26 heavy (non-hydrogen) atoms. The van der Waals surface area contributed by atoms with Gasteiger partial charge in [0.05, 0.1) is 12.7 Å². The summed E-state index contributed by atoms with van der Waals surface area (Å²) in [4.78, 5) is 18.0. The van der Waals surface area contributed by atoms with Crippen LogP contribution in [0.5, 0.6) is 5.75 Å². The average molecular weight is 362 g/mol. The smallest absolute Gasteiger partial charge is 0.260 e. The third kappa shape index (κ3) is 4.98. The van der Waals surface area contributed by atoms with Gasteiger partial charge in [-0.3, -0.25) is 9.78 Å². The highest BCUT2D eigenvalue weighted by atomic mass is 19.1. The predicted octanol–water partition coefficient (Wildman–Crippen LogP) is 2.95. The molecule has 0 N–H and O–H groups in total. The van der Waals surface area contributed by atoms with Crippen LogP contribution in [0, 0.1) is 11.6 Å². The lowest BCUT2D eigenvalue weighted by atomic mass is 10.1. The highest BCUT2D eigenvalue weighted by Crippen LogP contribution is 2.19. The van der Waals surface area contributed by atoms with Crippen LogP contribution in [0.15, 0.2) is 42.7 Å². The van der Waals surface area contributed by atoms with E-state index in [4.69, 9.17) is 9.47 Å². The molecule has 1 aromatic carbocycles. The molecule has 5 nitrogen and oxygen atoms in total. The number of ether oxygens (including phenoxy) is 2. The zero-order valence-electron chi connectivity index (χ0n) is 14.2. The molecule has 1 aromatic heterocycles. The number of carbonyl (C=O) groups is 1. The quantitative estimate of drug-likeness (QED) is 0.793. The minimum atomic E-state index is -0.825. The molecule has 0 unspecified atom stereocenters. The first-order chi connectivity index (χ1) is 12.6. The molecule has 1 aliphatic rings. The van der Waals surface area contributed by atoms with Crippen LogP contribution in [0.4, 0.5) is 8.78 Å². The van der Waals surface area contributed by atoms with Crippen LogP contribution >= 0.6 is 0 Å². The van der Waals surface area contributed by atoms with E-state index in [1.165, 1.54) is 6.07 Å². The number of pyridine rings is 1. The van der Waals surface area contributed by atoms with E-state index in [0.29, 0.717) is 19.7 Å². The molecule has 0 bridgehead atoms. The number of benzene rings is 1. The van der Waals surface area contributed by atoms with Crippen LogP contribution in [-0.4, -0.2) is 41.6 Å². The zero-order valence-corrected chi connectivity index (χ0v) is 14.2. The first-order valence-corrected chi connectivity index (χ1v) is 8.48. The van der Waals surface area contributed by atoms with E-state index in [0.717, 1.165) is 30.5 Å². The first-order valence-electron chi connectivity index (χ1n) is 8.48. The maximum absolute atomic E-state index is 13.6. The van der Waals surface area contributed by atoms with E-state index in [1.54, 1.807) is 17.3 Å². The number of hydrogen-bond donors (Lipinski definition) is 0. The van der Waals surface area contributed by atoms with E-state index in [1.807, 2.05) is 12.1 Å². The molecular formula is C19H20F2N2O3. The Morgan fingerprint density at radius 2 is 2.19 bits per heavy atom.